The number of hydrogen-bond donors (Lipinski definition) is 2. The average molecular weight is 351 g/mol. The Morgan fingerprint density at radius 3 is 2.58 bits per heavy atom. The first-order valence-corrected chi connectivity index (χ1v) is 8.21. The lowest BCUT2D eigenvalue weighted by atomic mass is 10.2. The van der Waals surface area contributed by atoms with Crippen molar-refractivity contribution < 1.29 is 14.0 Å². The molecule has 0 bridgehead atoms. The van der Waals surface area contributed by atoms with Crippen LogP contribution in [0.25, 0.3) is 11.4 Å². The van der Waals surface area contributed by atoms with Crippen molar-refractivity contribution in [3.63, 3.8) is 0 Å². The summed E-state index contributed by atoms with van der Waals surface area (Å²) in [7, 11) is 1.76. The van der Waals surface area contributed by atoms with Gasteiger partial charge in [0.1, 0.15) is 5.82 Å². The Labute approximate surface area is 143 Å². The van der Waals surface area contributed by atoms with Crippen LogP contribution in [-0.2, 0) is 11.8 Å². The highest BCUT2D eigenvalue weighted by Crippen LogP contribution is 2.25. The van der Waals surface area contributed by atoms with E-state index in [1.807, 2.05) is 0 Å². The first-order chi connectivity index (χ1) is 11.4. The number of carbonyl (C=O) groups excluding carboxylic acids is 2. The van der Waals surface area contributed by atoms with E-state index in [1.165, 1.54) is 23.9 Å². The van der Waals surface area contributed by atoms with Crippen molar-refractivity contribution in [2.24, 2.45) is 7.05 Å². The van der Waals surface area contributed by atoms with E-state index in [2.05, 4.69) is 20.8 Å². The molecule has 9 heteroatoms. The van der Waals surface area contributed by atoms with Gasteiger partial charge in [-0.3, -0.25) is 10.1 Å². The van der Waals surface area contributed by atoms with Crippen LogP contribution < -0.4 is 10.6 Å². The standard InChI is InChI=1S/C15H18FN5O2S/c1-4-17-14(23)18-13(22)9(2)24-15-20-19-12(21(15)3)10-5-7-11(16)8-6-10/h5-9H,4H2,1-3H3,(H2,17,18,22,23)/t9-/m0/s1. The SMILES string of the molecule is CCNC(=O)NC(=O)[C@H](C)Sc1nnc(-c2ccc(F)cc2)n1C. The van der Waals surface area contributed by atoms with Crippen molar-refractivity contribution in [3.05, 3.63) is 30.1 Å². The van der Waals surface area contributed by atoms with Gasteiger partial charge in [-0.25, -0.2) is 9.18 Å². The molecule has 0 aliphatic rings. The summed E-state index contributed by atoms with van der Waals surface area (Å²) in [5.41, 5.74) is 0.720. The number of rotatable bonds is 5. The number of imide groups is 1. The molecule has 0 aliphatic heterocycles. The third-order valence-corrected chi connectivity index (χ3v) is 4.30. The Bertz CT molecular complexity index is 732. The summed E-state index contributed by atoms with van der Waals surface area (Å²) in [4.78, 5) is 23.3. The number of thioether (sulfide) groups is 1. The molecule has 0 saturated heterocycles. The highest BCUT2D eigenvalue weighted by Gasteiger charge is 2.20. The summed E-state index contributed by atoms with van der Waals surface area (Å²) >= 11 is 1.18. The zero-order chi connectivity index (χ0) is 17.7. The largest absolute Gasteiger partial charge is 0.338 e. The van der Waals surface area contributed by atoms with Gasteiger partial charge < -0.3 is 9.88 Å². The summed E-state index contributed by atoms with van der Waals surface area (Å²) in [5.74, 6) is -0.183. The number of halogens is 1. The number of nitrogens with one attached hydrogen (secondary N) is 2. The Balaban J connectivity index is 2.07. The smallest absolute Gasteiger partial charge is 0.321 e. The van der Waals surface area contributed by atoms with Gasteiger partial charge in [-0.2, -0.15) is 0 Å². The third kappa shape index (κ3) is 4.31. The monoisotopic (exact) mass is 351 g/mol. The van der Waals surface area contributed by atoms with Crippen LogP contribution in [-0.4, -0.2) is 38.5 Å². The Hall–Kier alpha value is -2.42. The fourth-order valence-corrected chi connectivity index (χ4v) is 2.71. The summed E-state index contributed by atoms with van der Waals surface area (Å²) in [6, 6.07) is 5.39. The molecule has 24 heavy (non-hydrogen) atoms. The normalized spacial score (nSPS) is 11.8. The van der Waals surface area contributed by atoms with Crippen LogP contribution in [0.3, 0.4) is 0 Å². The van der Waals surface area contributed by atoms with Crippen LogP contribution >= 0.6 is 11.8 Å². The number of hydrogen-bond acceptors (Lipinski definition) is 5. The van der Waals surface area contributed by atoms with Crippen molar-refractivity contribution in [1.29, 1.82) is 0 Å². The summed E-state index contributed by atoms with van der Waals surface area (Å²) in [6.45, 7) is 3.87. The average Bonchev–Trinajstić information content (AvgIpc) is 2.89. The molecule has 1 atom stereocenters. The van der Waals surface area contributed by atoms with E-state index < -0.39 is 17.2 Å². The van der Waals surface area contributed by atoms with E-state index in [0.29, 0.717) is 17.5 Å². The highest BCUT2D eigenvalue weighted by molar-refractivity contribution is 8.00. The lowest BCUT2D eigenvalue weighted by Gasteiger charge is -2.11. The fourth-order valence-electron chi connectivity index (χ4n) is 1.90. The molecule has 2 aromatic rings. The van der Waals surface area contributed by atoms with Gasteiger partial charge in [-0.15, -0.1) is 10.2 Å². The van der Waals surface area contributed by atoms with Crippen molar-refractivity contribution in [2.75, 3.05) is 6.54 Å². The summed E-state index contributed by atoms with van der Waals surface area (Å²) in [6.07, 6.45) is 0. The second kappa shape index (κ2) is 7.91. The molecule has 1 aromatic heterocycles. The van der Waals surface area contributed by atoms with Gasteiger partial charge in [-0.1, -0.05) is 11.8 Å². The van der Waals surface area contributed by atoms with Gasteiger partial charge in [0.05, 0.1) is 5.25 Å². The van der Waals surface area contributed by atoms with E-state index in [9.17, 15) is 14.0 Å². The van der Waals surface area contributed by atoms with E-state index >= 15 is 0 Å². The minimum atomic E-state index is -0.531. The highest BCUT2D eigenvalue weighted by atomic mass is 32.2. The molecule has 0 saturated carbocycles. The third-order valence-electron chi connectivity index (χ3n) is 3.16. The minimum absolute atomic E-state index is 0.328. The van der Waals surface area contributed by atoms with Gasteiger partial charge in [0.2, 0.25) is 5.91 Å². The number of nitrogens with zero attached hydrogens (tertiary/aromatic N) is 3. The number of benzene rings is 1. The Morgan fingerprint density at radius 1 is 1.29 bits per heavy atom. The lowest BCUT2D eigenvalue weighted by Crippen LogP contribution is -2.42. The molecule has 0 radical (unpaired) electrons. The van der Waals surface area contributed by atoms with Gasteiger partial charge >= 0.3 is 6.03 Å². The van der Waals surface area contributed by atoms with Crippen molar-refractivity contribution >= 4 is 23.7 Å². The molecule has 3 amide bonds. The van der Waals surface area contributed by atoms with Crippen LogP contribution in [0.15, 0.2) is 29.4 Å². The van der Waals surface area contributed by atoms with Crippen LogP contribution in [0.5, 0.6) is 0 Å². The minimum Gasteiger partial charge on any atom is -0.338 e. The number of aromatic nitrogens is 3. The molecule has 0 spiro atoms. The van der Waals surface area contributed by atoms with E-state index in [1.54, 1.807) is 37.6 Å². The maximum atomic E-state index is 13.0. The second-order valence-electron chi connectivity index (χ2n) is 4.98. The maximum absolute atomic E-state index is 13.0. The lowest BCUT2D eigenvalue weighted by molar-refractivity contribution is -0.119. The van der Waals surface area contributed by atoms with Gasteiger partial charge in [0.25, 0.3) is 0 Å². The molecule has 1 heterocycles. The van der Waals surface area contributed by atoms with Crippen LogP contribution in [0, 0.1) is 5.82 Å². The molecular formula is C15H18FN5O2S. The predicted molar refractivity (Wildman–Crippen MR) is 88.9 cm³/mol. The van der Waals surface area contributed by atoms with Gasteiger partial charge in [0, 0.05) is 19.2 Å². The van der Waals surface area contributed by atoms with Crippen molar-refractivity contribution in [3.8, 4) is 11.4 Å². The predicted octanol–water partition coefficient (Wildman–Crippen LogP) is 1.95. The van der Waals surface area contributed by atoms with E-state index in [4.69, 9.17) is 0 Å². The van der Waals surface area contributed by atoms with E-state index in [0.717, 1.165) is 5.56 Å². The number of carbonyl (C=O) groups is 2. The maximum Gasteiger partial charge on any atom is 0.321 e. The molecule has 0 aliphatic carbocycles. The van der Waals surface area contributed by atoms with Crippen LogP contribution in [0.4, 0.5) is 9.18 Å². The molecule has 2 rings (SSSR count). The quantitative estimate of drug-likeness (QED) is 0.804. The zero-order valence-electron chi connectivity index (χ0n) is 13.5. The van der Waals surface area contributed by atoms with E-state index in [-0.39, 0.29) is 5.82 Å². The topological polar surface area (TPSA) is 88.9 Å². The fraction of sp³-hybridized carbons (Fsp3) is 0.333. The molecule has 128 valence electrons. The van der Waals surface area contributed by atoms with Gasteiger partial charge in [-0.05, 0) is 38.1 Å². The van der Waals surface area contributed by atoms with Crippen LogP contribution in [0.1, 0.15) is 13.8 Å². The van der Waals surface area contributed by atoms with Crippen molar-refractivity contribution in [1.82, 2.24) is 25.4 Å². The summed E-state index contributed by atoms with van der Waals surface area (Å²) < 4.78 is 14.7. The first kappa shape index (κ1) is 17.9. The van der Waals surface area contributed by atoms with Crippen molar-refractivity contribution in [2.45, 2.75) is 24.3 Å². The molecule has 7 nitrogen and oxygen atoms in total. The second-order valence-corrected chi connectivity index (χ2v) is 6.29. The Morgan fingerprint density at radius 2 is 1.96 bits per heavy atom. The Kier molecular flexibility index (Phi) is 5.91. The molecule has 2 N–H and O–H groups in total. The molecule has 0 fully saturated rings. The summed E-state index contributed by atoms with van der Waals surface area (Å²) in [5, 5.41) is 12.9. The number of amides is 3. The first-order valence-electron chi connectivity index (χ1n) is 7.33. The zero-order valence-corrected chi connectivity index (χ0v) is 14.4. The molecular weight excluding hydrogens is 333 g/mol. The molecule has 1 aromatic carbocycles. The molecule has 0 unspecified atom stereocenters. The van der Waals surface area contributed by atoms with Gasteiger partial charge in [0.15, 0.2) is 11.0 Å². The van der Waals surface area contributed by atoms with Crippen LogP contribution in [0.2, 0.25) is 0 Å². The number of urea groups is 1.